The molecule has 5 rings (SSSR count). The molecule has 1 aromatic heterocycles. The van der Waals surface area contributed by atoms with E-state index in [4.69, 9.17) is 14.9 Å². The number of carboxylic acids is 1. The average molecular weight is 572 g/mol. The van der Waals surface area contributed by atoms with E-state index in [9.17, 15) is 34.1 Å². The summed E-state index contributed by atoms with van der Waals surface area (Å²) < 4.78 is 41.8. The molecule has 2 atom stereocenters. The quantitative estimate of drug-likeness (QED) is 0.270. The highest BCUT2D eigenvalue weighted by atomic mass is 19.1. The molecule has 2 aliphatic rings. The number of carbonyl (C=O) groups excluding carboxylic acids is 1. The van der Waals surface area contributed by atoms with Gasteiger partial charge in [0, 0.05) is 41.4 Å². The molecule has 216 valence electrons. The maximum atomic E-state index is 15.1. The van der Waals surface area contributed by atoms with Gasteiger partial charge in [-0.25, -0.2) is 18.4 Å². The van der Waals surface area contributed by atoms with E-state index in [1.165, 1.54) is 31.3 Å². The van der Waals surface area contributed by atoms with Crippen molar-refractivity contribution < 1.29 is 43.2 Å². The fourth-order valence-electron chi connectivity index (χ4n) is 4.77. The maximum Gasteiger partial charge on any atom is 0.414 e. The molecular formula is C28H27F2N3O8. The van der Waals surface area contributed by atoms with Gasteiger partial charge in [0.05, 0.1) is 24.4 Å². The van der Waals surface area contributed by atoms with E-state index in [1.54, 1.807) is 4.57 Å². The lowest BCUT2D eigenvalue weighted by Gasteiger charge is -2.24. The van der Waals surface area contributed by atoms with Crippen molar-refractivity contribution in [2.24, 2.45) is 0 Å². The second-order valence-corrected chi connectivity index (χ2v) is 10.5. The van der Waals surface area contributed by atoms with Gasteiger partial charge in [0.15, 0.2) is 11.6 Å². The van der Waals surface area contributed by atoms with Crippen LogP contribution >= 0.6 is 0 Å². The fraction of sp³-hybridized carbons (Fsp3) is 0.357. The molecule has 0 bridgehead atoms. The number of ether oxygens (including phenoxy) is 2. The van der Waals surface area contributed by atoms with Crippen LogP contribution in [0.5, 0.6) is 5.75 Å². The minimum atomic E-state index is -1.74. The molecular weight excluding hydrogens is 544 g/mol. The van der Waals surface area contributed by atoms with Crippen LogP contribution in [0.4, 0.5) is 19.3 Å². The summed E-state index contributed by atoms with van der Waals surface area (Å²) in [6, 6.07) is 5.89. The third kappa shape index (κ3) is 5.63. The number of nitrogens with zero attached hydrogens (tertiary/aromatic N) is 2. The van der Waals surface area contributed by atoms with Crippen LogP contribution in [0.2, 0.25) is 0 Å². The van der Waals surface area contributed by atoms with Crippen LogP contribution < -0.4 is 15.1 Å². The lowest BCUT2D eigenvalue weighted by molar-refractivity contribution is 0.0168. The molecule has 1 saturated carbocycles. The number of fused-ring (bicyclic) bond motifs is 1. The molecule has 0 radical (unpaired) electrons. The predicted molar refractivity (Wildman–Crippen MR) is 142 cm³/mol. The zero-order chi connectivity index (χ0) is 29.6. The zero-order valence-corrected chi connectivity index (χ0v) is 21.9. The molecule has 1 amide bonds. The van der Waals surface area contributed by atoms with Gasteiger partial charge in [0.1, 0.15) is 29.7 Å². The van der Waals surface area contributed by atoms with Crippen LogP contribution in [-0.4, -0.2) is 69.1 Å². The molecule has 0 unspecified atom stereocenters. The van der Waals surface area contributed by atoms with Gasteiger partial charge in [0.2, 0.25) is 5.43 Å². The van der Waals surface area contributed by atoms with Crippen LogP contribution in [0, 0.1) is 17.0 Å². The largest absolute Gasteiger partial charge is 0.488 e. The van der Waals surface area contributed by atoms with Gasteiger partial charge < -0.3 is 34.8 Å². The summed E-state index contributed by atoms with van der Waals surface area (Å²) in [4.78, 5) is 37.3. The standard InChI is InChI=1S/C28H27F2N3O8/c1-28(39,13-40-24-5-4-15(6-21(24)30)33-10-16(12-34)41-27(33)38)9-22(31)17-8-23-18(7-20(17)29)25(35)19(26(36)37)11-32(23)14-2-3-14/h4-8,11,14,16,31,34,39H,2-3,9-10,12-13H2,1H3,(H,36,37)/t16-,28-/m1/s1. The van der Waals surface area contributed by atoms with Crippen molar-refractivity contribution in [2.75, 3.05) is 24.7 Å². The highest BCUT2D eigenvalue weighted by Gasteiger charge is 2.33. The SMILES string of the molecule is C[C@](O)(COc1ccc(N2C[C@H](CO)OC2=O)cc1F)CC(=N)c1cc2c(cc1F)c(=O)c(C(=O)O)cn2C1CC1. The second-order valence-electron chi connectivity index (χ2n) is 10.5. The number of aromatic carboxylic acids is 1. The van der Waals surface area contributed by atoms with Gasteiger partial charge >= 0.3 is 12.1 Å². The van der Waals surface area contributed by atoms with Gasteiger partial charge in [-0.05, 0) is 44.0 Å². The average Bonchev–Trinajstić information content (AvgIpc) is 3.68. The first-order valence-corrected chi connectivity index (χ1v) is 12.8. The van der Waals surface area contributed by atoms with Crippen molar-refractivity contribution in [1.29, 1.82) is 5.41 Å². The van der Waals surface area contributed by atoms with Crippen molar-refractivity contribution in [2.45, 2.75) is 43.9 Å². The molecule has 2 aromatic carbocycles. The molecule has 1 saturated heterocycles. The number of carboxylic acid groups (broad SMARTS) is 1. The molecule has 41 heavy (non-hydrogen) atoms. The Hall–Kier alpha value is -4.36. The van der Waals surface area contributed by atoms with Gasteiger partial charge in [-0.2, -0.15) is 0 Å². The summed E-state index contributed by atoms with van der Waals surface area (Å²) >= 11 is 0. The maximum absolute atomic E-state index is 15.1. The first kappa shape index (κ1) is 28.2. The molecule has 3 aromatic rings. The minimum absolute atomic E-state index is 0.0475. The van der Waals surface area contributed by atoms with Crippen molar-refractivity contribution in [3.8, 4) is 5.75 Å². The van der Waals surface area contributed by atoms with Crippen molar-refractivity contribution in [3.63, 3.8) is 0 Å². The summed E-state index contributed by atoms with van der Waals surface area (Å²) in [5.41, 5.74) is -3.04. The monoisotopic (exact) mass is 571 g/mol. The number of amides is 1. The molecule has 2 heterocycles. The summed E-state index contributed by atoms with van der Waals surface area (Å²) in [6.07, 6.45) is 0.917. The first-order valence-electron chi connectivity index (χ1n) is 12.8. The Morgan fingerprint density at radius 3 is 2.51 bits per heavy atom. The Morgan fingerprint density at radius 2 is 1.90 bits per heavy atom. The van der Waals surface area contributed by atoms with Gasteiger partial charge in [-0.15, -0.1) is 0 Å². The molecule has 0 spiro atoms. The Morgan fingerprint density at radius 1 is 1.17 bits per heavy atom. The number of aromatic nitrogens is 1. The summed E-state index contributed by atoms with van der Waals surface area (Å²) in [6.45, 7) is 0.550. The number of aliphatic hydroxyl groups excluding tert-OH is 1. The normalized spacial score (nSPS) is 18.3. The van der Waals surface area contributed by atoms with Gasteiger partial charge in [-0.1, -0.05) is 0 Å². The van der Waals surface area contributed by atoms with E-state index in [0.29, 0.717) is 0 Å². The predicted octanol–water partition coefficient (Wildman–Crippen LogP) is 3.22. The molecule has 11 nitrogen and oxygen atoms in total. The third-order valence-corrected chi connectivity index (χ3v) is 7.02. The molecule has 13 heteroatoms. The molecule has 2 fully saturated rings. The Bertz CT molecular complexity index is 1630. The Labute approximate surface area is 231 Å². The summed E-state index contributed by atoms with van der Waals surface area (Å²) in [5.74, 6) is -3.40. The van der Waals surface area contributed by atoms with Crippen molar-refractivity contribution in [1.82, 2.24) is 4.57 Å². The van der Waals surface area contributed by atoms with E-state index < -0.39 is 59.4 Å². The number of pyridine rings is 1. The summed E-state index contributed by atoms with van der Waals surface area (Å²) in [7, 11) is 0. The van der Waals surface area contributed by atoms with Crippen molar-refractivity contribution in [3.05, 3.63) is 69.5 Å². The van der Waals surface area contributed by atoms with Crippen LogP contribution in [0.15, 0.2) is 41.3 Å². The Balaban J connectivity index is 1.32. The Kier molecular flexibility index (Phi) is 7.26. The number of hydrogen-bond donors (Lipinski definition) is 4. The zero-order valence-electron chi connectivity index (χ0n) is 21.9. The number of hydrogen-bond acceptors (Lipinski definition) is 8. The number of aliphatic hydroxyl groups is 2. The van der Waals surface area contributed by atoms with E-state index in [0.717, 1.165) is 29.9 Å². The van der Waals surface area contributed by atoms with Gasteiger partial charge in [-0.3, -0.25) is 9.69 Å². The van der Waals surface area contributed by atoms with E-state index in [2.05, 4.69) is 0 Å². The number of carbonyl (C=O) groups is 2. The number of benzene rings is 2. The second kappa shape index (κ2) is 10.6. The number of nitrogens with one attached hydrogen (secondary N) is 1. The number of anilines is 1. The van der Waals surface area contributed by atoms with Crippen molar-refractivity contribution >= 4 is 34.4 Å². The number of rotatable bonds is 10. The molecule has 1 aliphatic heterocycles. The van der Waals surface area contributed by atoms with E-state index in [1.807, 2.05) is 0 Å². The van der Waals surface area contributed by atoms with E-state index >= 15 is 4.39 Å². The van der Waals surface area contributed by atoms with Crippen LogP contribution in [-0.2, 0) is 4.74 Å². The third-order valence-electron chi connectivity index (χ3n) is 7.02. The topological polar surface area (TPSA) is 162 Å². The minimum Gasteiger partial charge on any atom is -0.488 e. The van der Waals surface area contributed by atoms with Crippen LogP contribution in [0.1, 0.15) is 48.1 Å². The number of halogens is 2. The van der Waals surface area contributed by atoms with Crippen LogP contribution in [0.3, 0.4) is 0 Å². The highest BCUT2D eigenvalue weighted by Crippen LogP contribution is 2.37. The summed E-state index contributed by atoms with van der Waals surface area (Å²) in [5, 5.41) is 37.8. The lowest BCUT2D eigenvalue weighted by Crippen LogP contribution is -2.35. The molecule has 4 N–H and O–H groups in total. The smallest absolute Gasteiger partial charge is 0.414 e. The lowest BCUT2D eigenvalue weighted by atomic mass is 9.94. The van der Waals surface area contributed by atoms with Gasteiger partial charge in [0.25, 0.3) is 0 Å². The molecule has 1 aliphatic carbocycles. The first-order chi connectivity index (χ1) is 19.4. The van der Waals surface area contributed by atoms with E-state index in [-0.39, 0.29) is 52.8 Å². The highest BCUT2D eigenvalue weighted by molar-refractivity contribution is 6.02. The number of cyclic esters (lactones) is 1. The fourth-order valence-corrected chi connectivity index (χ4v) is 4.77. The van der Waals surface area contributed by atoms with Crippen LogP contribution in [0.25, 0.3) is 10.9 Å².